The van der Waals surface area contributed by atoms with Gasteiger partial charge in [-0.1, -0.05) is 48.4 Å². The number of carbonyl (C=O) groups excluding carboxylic acids is 1. The second-order valence-corrected chi connectivity index (χ2v) is 8.01. The monoisotopic (exact) mass is 381 g/mol. The quantitative estimate of drug-likeness (QED) is 0.568. The maximum atomic E-state index is 12.9. The third-order valence-electron chi connectivity index (χ3n) is 6.39. The molecule has 2 heterocycles. The first kappa shape index (κ1) is 17.8. The third kappa shape index (κ3) is 3.36. The van der Waals surface area contributed by atoms with E-state index in [4.69, 9.17) is 4.42 Å². The molecule has 1 amide bonds. The number of nitrogens with zero attached hydrogens (tertiary/aromatic N) is 1. The molecule has 3 nitrogen and oxygen atoms in total. The van der Waals surface area contributed by atoms with E-state index in [-0.39, 0.29) is 11.3 Å². The topological polar surface area (TPSA) is 33.5 Å². The van der Waals surface area contributed by atoms with Crippen molar-refractivity contribution < 1.29 is 9.21 Å². The van der Waals surface area contributed by atoms with Crippen LogP contribution in [0, 0.1) is 11.8 Å². The number of amides is 1. The number of hydrogen-bond acceptors (Lipinski definition) is 2. The van der Waals surface area contributed by atoms with Gasteiger partial charge >= 0.3 is 0 Å². The van der Waals surface area contributed by atoms with Crippen LogP contribution in [0.15, 0.2) is 71.1 Å². The summed E-state index contributed by atoms with van der Waals surface area (Å²) in [6, 6.07) is 22.1. The largest absolute Gasteiger partial charge is 0.443 e. The van der Waals surface area contributed by atoms with Gasteiger partial charge in [-0.25, -0.2) is 0 Å². The molecule has 0 radical (unpaired) electrons. The average Bonchev–Trinajstić information content (AvgIpc) is 3.39. The highest BCUT2D eigenvalue weighted by atomic mass is 16.3. The van der Waals surface area contributed by atoms with Gasteiger partial charge in [0, 0.05) is 18.7 Å². The number of rotatable bonds is 1. The highest BCUT2D eigenvalue weighted by Crippen LogP contribution is 2.46. The van der Waals surface area contributed by atoms with E-state index >= 15 is 0 Å². The fourth-order valence-corrected chi connectivity index (χ4v) is 4.75. The third-order valence-corrected chi connectivity index (χ3v) is 6.39. The van der Waals surface area contributed by atoms with Gasteiger partial charge in [0.15, 0.2) is 11.5 Å². The summed E-state index contributed by atoms with van der Waals surface area (Å²) in [5.74, 6) is 6.94. The SMILES string of the molecule is O=C(c1ccc(C#Cc2ccccc2)o1)N1CCC2(CCc3ccccc32)CC1. The number of aryl methyl sites for hydroxylation is 1. The van der Waals surface area contributed by atoms with Gasteiger partial charge in [0.2, 0.25) is 0 Å². The lowest BCUT2D eigenvalue weighted by molar-refractivity contribution is 0.0633. The van der Waals surface area contributed by atoms with Crippen molar-refractivity contribution in [2.75, 3.05) is 13.1 Å². The molecule has 3 heteroatoms. The Morgan fingerprint density at radius 2 is 1.62 bits per heavy atom. The van der Waals surface area contributed by atoms with Crippen molar-refractivity contribution in [3.63, 3.8) is 0 Å². The summed E-state index contributed by atoms with van der Waals surface area (Å²) in [6.45, 7) is 1.55. The Kier molecular flexibility index (Phi) is 4.48. The van der Waals surface area contributed by atoms with Crippen LogP contribution in [0.4, 0.5) is 0 Å². The minimum atomic E-state index is -0.0288. The van der Waals surface area contributed by atoms with Crippen LogP contribution in [-0.2, 0) is 11.8 Å². The van der Waals surface area contributed by atoms with E-state index in [1.165, 1.54) is 17.5 Å². The minimum absolute atomic E-state index is 0.0288. The van der Waals surface area contributed by atoms with Gasteiger partial charge in [-0.15, -0.1) is 0 Å². The van der Waals surface area contributed by atoms with Gasteiger partial charge in [-0.2, -0.15) is 0 Å². The Morgan fingerprint density at radius 3 is 2.45 bits per heavy atom. The molecule has 5 rings (SSSR count). The lowest BCUT2D eigenvalue weighted by Gasteiger charge is -2.40. The van der Waals surface area contributed by atoms with Crippen LogP contribution >= 0.6 is 0 Å². The molecule has 0 N–H and O–H groups in total. The van der Waals surface area contributed by atoms with Crippen molar-refractivity contribution in [2.45, 2.75) is 31.1 Å². The lowest BCUT2D eigenvalue weighted by Crippen LogP contribution is -2.44. The molecule has 0 saturated carbocycles. The Bertz CT molecular complexity index is 1090. The zero-order valence-corrected chi connectivity index (χ0v) is 16.4. The standard InChI is InChI=1S/C26H23NO2/c28-25(24-13-12-22(29-24)11-10-20-6-2-1-3-7-20)27-18-16-26(17-19-27)15-14-21-8-4-5-9-23(21)26/h1-9,12-13H,14-19H2. The summed E-state index contributed by atoms with van der Waals surface area (Å²) in [5, 5.41) is 0. The molecule has 0 bridgehead atoms. The van der Waals surface area contributed by atoms with Crippen molar-refractivity contribution in [1.29, 1.82) is 0 Å². The maximum Gasteiger partial charge on any atom is 0.289 e. The van der Waals surface area contributed by atoms with Crippen molar-refractivity contribution in [2.24, 2.45) is 0 Å². The molecular weight excluding hydrogens is 358 g/mol. The first-order valence-corrected chi connectivity index (χ1v) is 10.3. The molecule has 3 aromatic rings. The molecule has 1 aliphatic carbocycles. The fraction of sp³-hybridized carbons (Fsp3) is 0.269. The number of carbonyl (C=O) groups is 1. The van der Waals surface area contributed by atoms with Gasteiger partial charge in [0.05, 0.1) is 0 Å². The van der Waals surface area contributed by atoms with Crippen LogP contribution in [0.1, 0.15) is 52.3 Å². The van der Waals surface area contributed by atoms with Gasteiger partial charge in [0.1, 0.15) is 0 Å². The second-order valence-electron chi connectivity index (χ2n) is 8.01. The zero-order valence-electron chi connectivity index (χ0n) is 16.4. The highest BCUT2D eigenvalue weighted by molar-refractivity contribution is 5.91. The molecule has 0 atom stereocenters. The summed E-state index contributed by atoms with van der Waals surface area (Å²) >= 11 is 0. The van der Waals surface area contributed by atoms with Gasteiger partial charge < -0.3 is 9.32 Å². The van der Waals surface area contributed by atoms with Crippen LogP contribution in [0.3, 0.4) is 0 Å². The van der Waals surface area contributed by atoms with Crippen molar-refractivity contribution in [3.05, 3.63) is 94.9 Å². The Morgan fingerprint density at radius 1 is 0.862 bits per heavy atom. The van der Waals surface area contributed by atoms with E-state index in [1.54, 1.807) is 12.1 Å². The molecular formula is C26H23NO2. The van der Waals surface area contributed by atoms with E-state index in [0.717, 1.165) is 37.9 Å². The van der Waals surface area contributed by atoms with Crippen LogP contribution in [0.2, 0.25) is 0 Å². The predicted octanol–water partition coefficient (Wildman–Crippen LogP) is 4.80. The molecule has 1 aromatic heterocycles. The van der Waals surface area contributed by atoms with Gasteiger partial charge in [0.25, 0.3) is 5.91 Å². The molecule has 1 saturated heterocycles. The maximum absolute atomic E-state index is 12.9. The van der Waals surface area contributed by atoms with Gasteiger partial charge in [-0.05, 0) is 72.4 Å². The van der Waals surface area contributed by atoms with Crippen LogP contribution in [0.25, 0.3) is 0 Å². The molecule has 29 heavy (non-hydrogen) atoms. The fourth-order valence-electron chi connectivity index (χ4n) is 4.75. The van der Waals surface area contributed by atoms with Crippen LogP contribution in [-0.4, -0.2) is 23.9 Å². The van der Waals surface area contributed by atoms with E-state index < -0.39 is 0 Å². The van der Waals surface area contributed by atoms with E-state index in [1.807, 2.05) is 35.2 Å². The number of benzene rings is 2. The predicted molar refractivity (Wildman–Crippen MR) is 113 cm³/mol. The summed E-state index contributed by atoms with van der Waals surface area (Å²) in [4.78, 5) is 14.9. The van der Waals surface area contributed by atoms with Gasteiger partial charge in [-0.3, -0.25) is 4.79 Å². The van der Waals surface area contributed by atoms with Crippen molar-refractivity contribution in [1.82, 2.24) is 4.90 Å². The summed E-state index contributed by atoms with van der Waals surface area (Å²) in [5.41, 5.74) is 4.17. The Hall–Kier alpha value is -3.25. The molecule has 0 unspecified atom stereocenters. The number of hydrogen-bond donors (Lipinski definition) is 0. The average molecular weight is 381 g/mol. The molecule has 2 aromatic carbocycles. The number of likely N-dealkylation sites (tertiary alicyclic amines) is 1. The van der Waals surface area contributed by atoms with Crippen LogP contribution < -0.4 is 0 Å². The number of furan rings is 1. The zero-order chi connectivity index (χ0) is 19.7. The van der Waals surface area contributed by atoms with E-state index in [9.17, 15) is 4.79 Å². The highest BCUT2D eigenvalue weighted by Gasteiger charge is 2.41. The molecule has 144 valence electrons. The minimum Gasteiger partial charge on any atom is -0.443 e. The summed E-state index contributed by atoms with van der Waals surface area (Å²) < 4.78 is 5.73. The number of piperidine rings is 1. The first-order valence-electron chi connectivity index (χ1n) is 10.3. The van der Waals surface area contributed by atoms with Crippen LogP contribution in [0.5, 0.6) is 0 Å². The van der Waals surface area contributed by atoms with E-state index in [2.05, 4.69) is 36.1 Å². The van der Waals surface area contributed by atoms with Crippen molar-refractivity contribution >= 4 is 5.91 Å². The lowest BCUT2D eigenvalue weighted by atomic mass is 9.74. The molecule has 1 fully saturated rings. The molecule has 1 spiro atoms. The Labute approximate surface area is 171 Å². The smallest absolute Gasteiger partial charge is 0.289 e. The second kappa shape index (κ2) is 7.29. The molecule has 1 aliphatic heterocycles. The summed E-state index contributed by atoms with van der Waals surface area (Å²) in [6.07, 6.45) is 4.41. The number of fused-ring (bicyclic) bond motifs is 2. The first-order chi connectivity index (χ1) is 14.2. The molecule has 2 aliphatic rings. The van der Waals surface area contributed by atoms with E-state index in [0.29, 0.717) is 11.5 Å². The Balaban J connectivity index is 1.26. The van der Waals surface area contributed by atoms with Crippen molar-refractivity contribution in [3.8, 4) is 11.8 Å². The summed E-state index contributed by atoms with van der Waals surface area (Å²) in [7, 11) is 0. The normalized spacial score (nSPS) is 16.9.